The number of nitrogens with one attached hydrogen (secondary N) is 1. The SMILES string of the molecule is CC.CC(C)N(CC#N)C(=O)c1cc(F)ccc1Oc1cncnc1N1CC2(CC(Oc3ccnc4c3CNCC4)C2)C1. The van der Waals surface area contributed by atoms with E-state index >= 15 is 0 Å². The van der Waals surface area contributed by atoms with Crippen molar-refractivity contribution in [3.05, 3.63) is 65.6 Å². The lowest BCUT2D eigenvalue weighted by atomic mass is 9.61. The number of benzene rings is 1. The molecule has 43 heavy (non-hydrogen) atoms. The summed E-state index contributed by atoms with van der Waals surface area (Å²) in [7, 11) is 0. The largest absolute Gasteiger partial charge is 0.490 e. The van der Waals surface area contributed by atoms with Crippen LogP contribution in [0.4, 0.5) is 10.2 Å². The predicted molar refractivity (Wildman–Crippen MR) is 160 cm³/mol. The number of fused-ring (bicyclic) bond motifs is 1. The Morgan fingerprint density at radius 3 is 2.74 bits per heavy atom. The molecule has 3 aliphatic rings. The van der Waals surface area contributed by atoms with E-state index in [1.54, 1.807) is 20.0 Å². The second-order valence-electron chi connectivity index (χ2n) is 11.3. The van der Waals surface area contributed by atoms with E-state index in [1.807, 2.05) is 32.2 Å². The van der Waals surface area contributed by atoms with E-state index in [9.17, 15) is 14.4 Å². The van der Waals surface area contributed by atoms with Gasteiger partial charge in [-0.05, 0) is 51.0 Å². The van der Waals surface area contributed by atoms with Crippen LogP contribution in [0.5, 0.6) is 17.2 Å². The second kappa shape index (κ2) is 12.9. The van der Waals surface area contributed by atoms with E-state index in [-0.39, 0.29) is 35.4 Å². The van der Waals surface area contributed by atoms with Crippen LogP contribution in [-0.4, -0.2) is 64.1 Å². The average molecular weight is 588 g/mol. The van der Waals surface area contributed by atoms with E-state index in [2.05, 4.69) is 25.2 Å². The number of aromatic nitrogens is 3. The molecular weight excluding hydrogens is 549 g/mol. The molecule has 2 aliphatic heterocycles. The van der Waals surface area contributed by atoms with Crippen LogP contribution in [0.15, 0.2) is 43.0 Å². The number of carbonyl (C=O) groups is 1. The Hall–Kier alpha value is -4.30. The first-order valence-electron chi connectivity index (χ1n) is 14.9. The molecule has 0 radical (unpaired) electrons. The molecule has 226 valence electrons. The summed E-state index contributed by atoms with van der Waals surface area (Å²) in [4.78, 5) is 29.9. The van der Waals surface area contributed by atoms with E-state index < -0.39 is 11.7 Å². The third-order valence-corrected chi connectivity index (χ3v) is 8.09. The lowest BCUT2D eigenvalue weighted by molar-refractivity contribution is -0.0349. The van der Waals surface area contributed by atoms with Gasteiger partial charge in [-0.1, -0.05) is 13.8 Å². The molecule has 1 amide bonds. The molecule has 1 N–H and O–H groups in total. The molecule has 11 heteroatoms. The molecule has 0 atom stereocenters. The van der Waals surface area contributed by atoms with Gasteiger partial charge in [-0.25, -0.2) is 14.4 Å². The number of anilines is 1. The van der Waals surface area contributed by atoms with Crippen molar-refractivity contribution in [2.24, 2.45) is 5.41 Å². The first-order chi connectivity index (χ1) is 20.9. The first kappa shape index (κ1) is 30.2. The van der Waals surface area contributed by atoms with Crippen LogP contribution in [0.25, 0.3) is 0 Å². The van der Waals surface area contributed by atoms with Crippen molar-refractivity contribution in [2.45, 2.75) is 65.6 Å². The zero-order valence-electron chi connectivity index (χ0n) is 25.1. The van der Waals surface area contributed by atoms with E-state index in [1.165, 1.54) is 28.9 Å². The smallest absolute Gasteiger partial charge is 0.258 e. The van der Waals surface area contributed by atoms with Crippen LogP contribution in [0, 0.1) is 22.6 Å². The molecule has 1 saturated carbocycles. The van der Waals surface area contributed by atoms with Crippen molar-refractivity contribution >= 4 is 11.7 Å². The highest BCUT2D eigenvalue weighted by atomic mass is 19.1. The topological polar surface area (TPSA) is 116 Å². The number of nitrogens with zero attached hydrogens (tertiary/aromatic N) is 6. The van der Waals surface area contributed by atoms with E-state index in [0.29, 0.717) is 11.6 Å². The van der Waals surface area contributed by atoms with Crippen LogP contribution in [0.2, 0.25) is 0 Å². The maximum absolute atomic E-state index is 14.2. The summed E-state index contributed by atoms with van der Waals surface area (Å²) < 4.78 is 26.8. The van der Waals surface area contributed by atoms with Crippen LogP contribution in [0.1, 0.15) is 62.2 Å². The Morgan fingerprint density at radius 1 is 1.21 bits per heavy atom. The molecule has 1 saturated heterocycles. The summed E-state index contributed by atoms with van der Waals surface area (Å²) in [5.41, 5.74) is 2.48. The van der Waals surface area contributed by atoms with E-state index in [4.69, 9.17) is 9.47 Å². The molecule has 1 spiro atoms. The van der Waals surface area contributed by atoms with E-state index in [0.717, 1.165) is 63.0 Å². The Labute approximate surface area is 251 Å². The molecule has 6 rings (SSSR count). The summed E-state index contributed by atoms with van der Waals surface area (Å²) in [6, 6.07) is 7.51. The van der Waals surface area contributed by atoms with Crippen LogP contribution in [0.3, 0.4) is 0 Å². The van der Waals surface area contributed by atoms with Gasteiger partial charge in [0.05, 0.1) is 17.8 Å². The maximum atomic E-state index is 14.2. The Morgan fingerprint density at radius 2 is 2.00 bits per heavy atom. The number of pyridine rings is 1. The molecule has 4 heterocycles. The van der Waals surface area contributed by atoms with Gasteiger partial charge in [0.1, 0.15) is 36.3 Å². The molecule has 1 aliphatic carbocycles. The zero-order chi connectivity index (χ0) is 30.6. The minimum absolute atomic E-state index is 0.0383. The lowest BCUT2D eigenvalue weighted by Gasteiger charge is -2.59. The summed E-state index contributed by atoms with van der Waals surface area (Å²) in [6.45, 7) is 10.8. The highest BCUT2D eigenvalue weighted by Gasteiger charge is 2.54. The highest BCUT2D eigenvalue weighted by molar-refractivity contribution is 5.97. The van der Waals surface area contributed by atoms with Crippen LogP contribution >= 0.6 is 0 Å². The first-order valence-corrected chi connectivity index (χ1v) is 14.9. The normalized spacial score (nSPS) is 16.6. The fraction of sp³-hybridized carbons (Fsp3) is 0.469. The molecule has 0 unspecified atom stereocenters. The summed E-state index contributed by atoms with van der Waals surface area (Å²) in [5.74, 6) is 1.05. The maximum Gasteiger partial charge on any atom is 0.258 e. The van der Waals surface area contributed by atoms with Gasteiger partial charge < -0.3 is 24.6 Å². The van der Waals surface area contributed by atoms with Gasteiger partial charge in [0.15, 0.2) is 11.6 Å². The Balaban J connectivity index is 0.00000180. The average Bonchev–Trinajstić information content (AvgIpc) is 2.98. The summed E-state index contributed by atoms with van der Waals surface area (Å²) in [6.07, 6.45) is 7.84. The highest BCUT2D eigenvalue weighted by Crippen LogP contribution is 2.52. The number of amides is 1. The second-order valence-corrected chi connectivity index (χ2v) is 11.3. The molecular formula is C32H38FN7O3. The van der Waals surface area contributed by atoms with Gasteiger partial charge >= 0.3 is 0 Å². The quantitative estimate of drug-likeness (QED) is 0.368. The van der Waals surface area contributed by atoms with Gasteiger partial charge in [0.2, 0.25) is 0 Å². The Bertz CT molecular complexity index is 1490. The van der Waals surface area contributed by atoms with Crippen molar-refractivity contribution in [1.29, 1.82) is 5.26 Å². The van der Waals surface area contributed by atoms with Gasteiger partial charge in [-0.15, -0.1) is 0 Å². The number of ether oxygens (including phenoxy) is 2. The van der Waals surface area contributed by atoms with Gasteiger partial charge in [-0.2, -0.15) is 5.26 Å². The predicted octanol–water partition coefficient (Wildman–Crippen LogP) is 4.90. The Kier molecular flexibility index (Phi) is 9.06. The fourth-order valence-corrected chi connectivity index (χ4v) is 6.01. The lowest BCUT2D eigenvalue weighted by Crippen LogP contribution is -2.65. The zero-order valence-corrected chi connectivity index (χ0v) is 25.1. The van der Waals surface area contributed by atoms with Crippen molar-refractivity contribution in [3.63, 3.8) is 0 Å². The summed E-state index contributed by atoms with van der Waals surface area (Å²) in [5, 5.41) is 12.6. The minimum Gasteiger partial charge on any atom is -0.490 e. The molecule has 3 aromatic rings. The number of halogens is 1. The fourth-order valence-electron chi connectivity index (χ4n) is 6.01. The number of nitriles is 1. The van der Waals surface area contributed by atoms with Crippen molar-refractivity contribution in [3.8, 4) is 23.3 Å². The number of carbonyl (C=O) groups excluding carboxylic acids is 1. The van der Waals surface area contributed by atoms with Crippen molar-refractivity contribution in [2.75, 3.05) is 31.1 Å². The molecule has 1 aromatic carbocycles. The van der Waals surface area contributed by atoms with Crippen molar-refractivity contribution in [1.82, 2.24) is 25.2 Å². The number of rotatable bonds is 8. The molecule has 2 fully saturated rings. The third-order valence-electron chi connectivity index (χ3n) is 8.09. The third kappa shape index (κ3) is 6.25. The minimum atomic E-state index is -0.569. The standard InChI is InChI=1S/C30H32FN7O3.C2H6/c1-19(2)38(10-7-32)29(39)22-11-20(31)3-4-25(22)41-27-15-34-18-36-28(27)37-16-30(17-37)12-21(13-30)40-26-6-9-35-24-5-8-33-14-23(24)26;1-2/h3-4,6,9,11,15,18-19,21,33H,5,8,10,12-14,16-17H2,1-2H3;1-2H3. The number of hydrogen-bond donors (Lipinski definition) is 1. The molecule has 0 bridgehead atoms. The van der Waals surface area contributed by atoms with Crippen LogP contribution < -0.4 is 19.7 Å². The number of hydrogen-bond acceptors (Lipinski definition) is 9. The van der Waals surface area contributed by atoms with Gasteiger partial charge in [0.25, 0.3) is 5.91 Å². The van der Waals surface area contributed by atoms with Crippen molar-refractivity contribution < 1.29 is 18.7 Å². The van der Waals surface area contributed by atoms with Gasteiger partial charge in [0, 0.05) is 61.5 Å². The molecule has 10 nitrogen and oxygen atoms in total. The molecule has 2 aromatic heterocycles. The van der Waals surface area contributed by atoms with Gasteiger partial charge in [-0.3, -0.25) is 9.78 Å². The van der Waals surface area contributed by atoms with Crippen LogP contribution in [-0.2, 0) is 13.0 Å². The monoisotopic (exact) mass is 587 g/mol. The summed E-state index contributed by atoms with van der Waals surface area (Å²) >= 11 is 0.